The normalized spacial score (nSPS) is 22.7. The molecule has 0 aromatic heterocycles. The fourth-order valence-electron chi connectivity index (χ4n) is 4.00. The number of likely N-dealkylation sites (tertiary alicyclic amines) is 1. The molecule has 0 aliphatic carbocycles. The topological polar surface area (TPSA) is 66.9 Å². The van der Waals surface area contributed by atoms with Gasteiger partial charge in [-0.05, 0) is 36.7 Å². The molecule has 0 N–H and O–H groups in total. The van der Waals surface area contributed by atoms with Gasteiger partial charge in [-0.1, -0.05) is 30.3 Å². The van der Waals surface area contributed by atoms with Gasteiger partial charge in [-0.15, -0.1) is 0 Å². The predicted molar refractivity (Wildman–Crippen MR) is 99.9 cm³/mol. The number of nitrogens with zero attached hydrogens (tertiary/aromatic N) is 2. The molecule has 3 rings (SSSR count). The van der Waals surface area contributed by atoms with Crippen LogP contribution in [0.2, 0.25) is 0 Å². The first-order valence-electron chi connectivity index (χ1n) is 9.28. The minimum Gasteiger partial charge on any atom is -0.367 e. The van der Waals surface area contributed by atoms with E-state index in [0.29, 0.717) is 31.5 Å². The Balaban J connectivity index is 1.40. The number of hydrogen-bond acceptors (Lipinski definition) is 4. The maximum absolute atomic E-state index is 12.4. The fourth-order valence-corrected chi connectivity index (χ4v) is 4.87. The van der Waals surface area contributed by atoms with Gasteiger partial charge in [0.2, 0.25) is 15.9 Å². The Morgan fingerprint density at radius 1 is 1.08 bits per heavy atom. The smallest absolute Gasteiger partial charge is 0.248 e. The van der Waals surface area contributed by atoms with Crippen LogP contribution >= 0.6 is 0 Å². The maximum Gasteiger partial charge on any atom is 0.248 e. The molecule has 0 bridgehead atoms. The van der Waals surface area contributed by atoms with E-state index < -0.39 is 10.0 Å². The van der Waals surface area contributed by atoms with Crippen LogP contribution in [0.3, 0.4) is 0 Å². The third kappa shape index (κ3) is 5.05. The predicted octanol–water partition coefficient (Wildman–Crippen LogP) is 1.72. The summed E-state index contributed by atoms with van der Waals surface area (Å²) < 4.78 is 30.4. The SMILES string of the molecule is CS(=O)(=O)N1CCC(C2CCN(C(=O)COCc3ccccc3)C2)CC1. The number of sulfonamides is 1. The Morgan fingerprint density at radius 2 is 1.73 bits per heavy atom. The van der Waals surface area contributed by atoms with Crippen molar-refractivity contribution in [1.82, 2.24) is 9.21 Å². The number of hydrogen-bond donors (Lipinski definition) is 0. The van der Waals surface area contributed by atoms with E-state index in [2.05, 4.69) is 0 Å². The maximum atomic E-state index is 12.4. The largest absolute Gasteiger partial charge is 0.367 e. The molecular formula is C19H28N2O4S. The van der Waals surface area contributed by atoms with Crippen molar-refractivity contribution < 1.29 is 17.9 Å². The van der Waals surface area contributed by atoms with E-state index in [9.17, 15) is 13.2 Å². The van der Waals surface area contributed by atoms with Gasteiger partial charge in [0.1, 0.15) is 6.61 Å². The van der Waals surface area contributed by atoms with Crippen LogP contribution in [0, 0.1) is 11.8 Å². The molecule has 1 unspecified atom stereocenters. The Hall–Kier alpha value is -1.44. The summed E-state index contributed by atoms with van der Waals surface area (Å²) in [6.45, 7) is 3.34. The van der Waals surface area contributed by atoms with Crippen LogP contribution in [0.4, 0.5) is 0 Å². The van der Waals surface area contributed by atoms with E-state index in [-0.39, 0.29) is 12.5 Å². The third-order valence-electron chi connectivity index (χ3n) is 5.55. The minimum absolute atomic E-state index is 0.0528. The lowest BCUT2D eigenvalue weighted by Gasteiger charge is -2.33. The highest BCUT2D eigenvalue weighted by molar-refractivity contribution is 7.88. The number of carbonyl (C=O) groups is 1. The standard InChI is InChI=1S/C19H28N2O4S/c1-26(23,24)21-11-8-17(9-12-21)18-7-10-20(13-18)19(22)15-25-14-16-5-3-2-4-6-16/h2-6,17-18H,7-15H2,1H3. The lowest BCUT2D eigenvalue weighted by Crippen LogP contribution is -2.40. The molecule has 2 heterocycles. The number of ether oxygens (including phenoxy) is 1. The highest BCUT2D eigenvalue weighted by Gasteiger charge is 2.35. The zero-order chi connectivity index (χ0) is 18.6. The van der Waals surface area contributed by atoms with Gasteiger partial charge in [0.15, 0.2) is 0 Å². The summed E-state index contributed by atoms with van der Waals surface area (Å²) in [6.07, 6.45) is 4.07. The molecule has 1 atom stereocenters. The number of rotatable bonds is 6. The van der Waals surface area contributed by atoms with Crippen molar-refractivity contribution in [2.45, 2.75) is 25.9 Å². The zero-order valence-electron chi connectivity index (χ0n) is 15.3. The Morgan fingerprint density at radius 3 is 2.38 bits per heavy atom. The summed E-state index contributed by atoms with van der Waals surface area (Å²) in [5.74, 6) is 1.04. The molecule has 7 heteroatoms. The number of amides is 1. The molecule has 1 aromatic rings. The van der Waals surface area contributed by atoms with E-state index in [1.54, 1.807) is 4.31 Å². The van der Waals surface area contributed by atoms with Crippen molar-refractivity contribution in [3.05, 3.63) is 35.9 Å². The van der Waals surface area contributed by atoms with E-state index >= 15 is 0 Å². The highest BCUT2D eigenvalue weighted by Crippen LogP contribution is 2.32. The lowest BCUT2D eigenvalue weighted by molar-refractivity contribution is -0.135. The number of carbonyl (C=O) groups excluding carboxylic acids is 1. The highest BCUT2D eigenvalue weighted by atomic mass is 32.2. The molecule has 26 heavy (non-hydrogen) atoms. The van der Waals surface area contributed by atoms with Crippen LogP contribution in [0.1, 0.15) is 24.8 Å². The second kappa shape index (κ2) is 8.50. The molecule has 2 aliphatic heterocycles. The van der Waals surface area contributed by atoms with Crippen molar-refractivity contribution in [1.29, 1.82) is 0 Å². The minimum atomic E-state index is -3.08. The Bertz CT molecular complexity index is 700. The molecule has 1 aromatic carbocycles. The molecule has 2 saturated heterocycles. The van der Waals surface area contributed by atoms with Gasteiger partial charge in [0, 0.05) is 26.2 Å². The molecule has 0 radical (unpaired) electrons. The van der Waals surface area contributed by atoms with Gasteiger partial charge in [0.25, 0.3) is 0 Å². The average Bonchev–Trinajstić information content (AvgIpc) is 3.12. The third-order valence-corrected chi connectivity index (χ3v) is 6.85. The first-order valence-corrected chi connectivity index (χ1v) is 11.1. The van der Waals surface area contributed by atoms with Crippen molar-refractivity contribution in [2.75, 3.05) is 39.0 Å². The Labute approximate surface area is 156 Å². The van der Waals surface area contributed by atoms with Gasteiger partial charge in [-0.25, -0.2) is 12.7 Å². The van der Waals surface area contributed by atoms with Crippen LogP contribution in [0.25, 0.3) is 0 Å². The fraction of sp³-hybridized carbons (Fsp3) is 0.632. The van der Waals surface area contributed by atoms with Crippen molar-refractivity contribution in [2.24, 2.45) is 11.8 Å². The van der Waals surface area contributed by atoms with E-state index in [4.69, 9.17) is 4.74 Å². The summed E-state index contributed by atoms with van der Waals surface area (Å²) >= 11 is 0. The summed E-state index contributed by atoms with van der Waals surface area (Å²) in [6, 6.07) is 9.85. The van der Waals surface area contributed by atoms with Gasteiger partial charge in [0.05, 0.1) is 12.9 Å². The quantitative estimate of drug-likeness (QED) is 0.754. The molecule has 1 amide bonds. The Kier molecular flexibility index (Phi) is 6.32. The lowest BCUT2D eigenvalue weighted by atomic mass is 9.84. The van der Waals surface area contributed by atoms with Crippen molar-refractivity contribution >= 4 is 15.9 Å². The number of benzene rings is 1. The second-order valence-corrected chi connectivity index (χ2v) is 9.35. The summed E-state index contributed by atoms with van der Waals surface area (Å²) in [5.41, 5.74) is 1.07. The van der Waals surface area contributed by atoms with Gasteiger partial charge < -0.3 is 9.64 Å². The first kappa shape index (κ1) is 19.3. The first-order chi connectivity index (χ1) is 12.4. The van der Waals surface area contributed by atoms with Gasteiger partial charge >= 0.3 is 0 Å². The molecule has 0 saturated carbocycles. The van der Waals surface area contributed by atoms with Gasteiger partial charge in [-0.2, -0.15) is 0 Å². The van der Waals surface area contributed by atoms with Crippen LogP contribution in [0.5, 0.6) is 0 Å². The summed E-state index contributed by atoms with van der Waals surface area (Å²) in [5, 5.41) is 0. The van der Waals surface area contributed by atoms with Crippen molar-refractivity contribution in [3.63, 3.8) is 0 Å². The van der Waals surface area contributed by atoms with Crippen LogP contribution in [-0.2, 0) is 26.2 Å². The van der Waals surface area contributed by atoms with Crippen LogP contribution in [-0.4, -0.2) is 62.6 Å². The molecule has 6 nitrogen and oxygen atoms in total. The van der Waals surface area contributed by atoms with E-state index in [1.807, 2.05) is 35.2 Å². The molecule has 0 spiro atoms. The monoisotopic (exact) mass is 380 g/mol. The van der Waals surface area contributed by atoms with E-state index in [1.165, 1.54) is 6.26 Å². The van der Waals surface area contributed by atoms with Crippen LogP contribution in [0.15, 0.2) is 30.3 Å². The van der Waals surface area contributed by atoms with E-state index in [0.717, 1.165) is 37.9 Å². The zero-order valence-corrected chi connectivity index (χ0v) is 16.2. The van der Waals surface area contributed by atoms with Gasteiger partial charge in [-0.3, -0.25) is 4.79 Å². The summed E-state index contributed by atoms with van der Waals surface area (Å²) in [7, 11) is -3.08. The average molecular weight is 381 g/mol. The van der Waals surface area contributed by atoms with Crippen molar-refractivity contribution in [3.8, 4) is 0 Å². The summed E-state index contributed by atoms with van der Waals surface area (Å²) in [4.78, 5) is 14.3. The molecule has 2 fully saturated rings. The van der Waals surface area contributed by atoms with Crippen LogP contribution < -0.4 is 0 Å². The molecule has 2 aliphatic rings. The number of piperidine rings is 1. The molecular weight excluding hydrogens is 352 g/mol. The molecule has 144 valence electrons. The second-order valence-electron chi connectivity index (χ2n) is 7.37.